The maximum Gasteiger partial charge on any atom is 0.335 e. The fourth-order valence-electron chi connectivity index (χ4n) is 1.23. The fourth-order valence-corrected chi connectivity index (χ4v) is 1.23. The van der Waals surface area contributed by atoms with E-state index in [1.54, 1.807) is 6.07 Å². The molecular weight excluding hydrogens is 206 g/mol. The van der Waals surface area contributed by atoms with Gasteiger partial charge >= 0.3 is 5.97 Å². The third-order valence-electron chi connectivity index (χ3n) is 2.11. The van der Waals surface area contributed by atoms with Crippen molar-refractivity contribution >= 4 is 5.97 Å². The second-order valence-electron chi connectivity index (χ2n) is 4.57. The fraction of sp³-hybridized carbons (Fsp3) is 0.500. The van der Waals surface area contributed by atoms with E-state index in [0.717, 1.165) is 5.69 Å². The summed E-state index contributed by atoms with van der Waals surface area (Å²) in [4.78, 5) is 15.2. The van der Waals surface area contributed by atoms with Crippen LogP contribution in [0, 0.1) is 0 Å². The van der Waals surface area contributed by atoms with Crippen molar-refractivity contribution in [3.63, 3.8) is 0 Å². The molecule has 0 aliphatic heterocycles. The van der Waals surface area contributed by atoms with Gasteiger partial charge in [-0.1, -0.05) is 20.8 Å². The lowest BCUT2D eigenvalue weighted by atomic mass is 9.91. The smallest absolute Gasteiger partial charge is 0.335 e. The van der Waals surface area contributed by atoms with Crippen LogP contribution in [0.15, 0.2) is 12.1 Å². The first-order chi connectivity index (χ1) is 7.34. The van der Waals surface area contributed by atoms with Crippen LogP contribution >= 0.6 is 0 Å². The van der Waals surface area contributed by atoms with Gasteiger partial charge in [0.05, 0.1) is 17.9 Å². The first-order valence-electron chi connectivity index (χ1n) is 5.23. The van der Waals surface area contributed by atoms with Crippen LogP contribution in [0.5, 0.6) is 5.88 Å². The Morgan fingerprint density at radius 1 is 1.44 bits per heavy atom. The van der Waals surface area contributed by atoms with Gasteiger partial charge in [-0.15, -0.1) is 0 Å². The van der Waals surface area contributed by atoms with Crippen LogP contribution in [-0.2, 0) is 5.41 Å². The average Bonchev–Trinajstić information content (AvgIpc) is 2.16. The highest BCUT2D eigenvalue weighted by Gasteiger charge is 2.19. The van der Waals surface area contributed by atoms with Crippen LogP contribution in [0.3, 0.4) is 0 Å². The molecular formula is C12H17NO3. The zero-order valence-corrected chi connectivity index (χ0v) is 10.1. The van der Waals surface area contributed by atoms with E-state index in [9.17, 15) is 4.79 Å². The highest BCUT2D eigenvalue weighted by atomic mass is 16.5. The molecule has 4 heteroatoms. The summed E-state index contributed by atoms with van der Waals surface area (Å²) in [7, 11) is 0. The monoisotopic (exact) mass is 223 g/mol. The topological polar surface area (TPSA) is 59.4 Å². The van der Waals surface area contributed by atoms with Gasteiger partial charge in [0.2, 0.25) is 5.88 Å². The highest BCUT2D eigenvalue weighted by Crippen LogP contribution is 2.24. The Bertz CT molecular complexity index is 394. The van der Waals surface area contributed by atoms with Gasteiger partial charge in [-0.2, -0.15) is 0 Å². The standard InChI is InChI=1S/C12H17NO3/c1-5-16-10-7-8(11(14)15)6-9(13-10)12(2,3)4/h6-7H,5H2,1-4H3,(H,14,15). The van der Waals surface area contributed by atoms with Crippen molar-refractivity contribution in [1.82, 2.24) is 4.98 Å². The molecule has 88 valence electrons. The summed E-state index contributed by atoms with van der Waals surface area (Å²) in [6.07, 6.45) is 0. The molecule has 1 heterocycles. The number of hydrogen-bond donors (Lipinski definition) is 1. The number of aromatic carboxylic acids is 1. The van der Waals surface area contributed by atoms with Crippen LogP contribution in [0.25, 0.3) is 0 Å². The van der Waals surface area contributed by atoms with Crippen LogP contribution in [0.4, 0.5) is 0 Å². The number of rotatable bonds is 3. The van der Waals surface area contributed by atoms with Gasteiger partial charge in [-0.3, -0.25) is 0 Å². The van der Waals surface area contributed by atoms with Gasteiger partial charge in [0.25, 0.3) is 0 Å². The molecule has 0 bridgehead atoms. The van der Waals surface area contributed by atoms with Crippen molar-refractivity contribution in [3.05, 3.63) is 23.4 Å². The minimum Gasteiger partial charge on any atom is -0.478 e. The first-order valence-corrected chi connectivity index (χ1v) is 5.23. The summed E-state index contributed by atoms with van der Waals surface area (Å²) in [6.45, 7) is 8.26. The third kappa shape index (κ3) is 2.95. The van der Waals surface area contributed by atoms with Gasteiger partial charge < -0.3 is 9.84 Å². The minimum atomic E-state index is -0.964. The molecule has 1 rings (SSSR count). The molecule has 0 amide bonds. The van der Waals surface area contributed by atoms with Gasteiger partial charge in [0.15, 0.2) is 0 Å². The summed E-state index contributed by atoms with van der Waals surface area (Å²) < 4.78 is 5.26. The number of carboxylic acid groups (broad SMARTS) is 1. The van der Waals surface area contributed by atoms with Crippen LogP contribution in [0.2, 0.25) is 0 Å². The number of carbonyl (C=O) groups is 1. The Kier molecular flexibility index (Phi) is 3.52. The summed E-state index contributed by atoms with van der Waals surface area (Å²) in [5.41, 5.74) is 0.733. The molecule has 0 atom stereocenters. The lowest BCUT2D eigenvalue weighted by Crippen LogP contribution is -2.15. The summed E-state index contributed by atoms with van der Waals surface area (Å²) in [5, 5.41) is 8.98. The van der Waals surface area contributed by atoms with Crippen molar-refractivity contribution < 1.29 is 14.6 Å². The van der Waals surface area contributed by atoms with Crippen molar-refractivity contribution in [1.29, 1.82) is 0 Å². The Labute approximate surface area is 95.3 Å². The Morgan fingerprint density at radius 3 is 2.50 bits per heavy atom. The molecule has 0 spiro atoms. The second-order valence-corrected chi connectivity index (χ2v) is 4.57. The highest BCUT2D eigenvalue weighted by molar-refractivity contribution is 5.88. The van der Waals surface area contributed by atoms with E-state index in [4.69, 9.17) is 9.84 Å². The van der Waals surface area contributed by atoms with Crippen LogP contribution in [-0.4, -0.2) is 22.7 Å². The molecule has 1 aromatic heterocycles. The van der Waals surface area contributed by atoms with E-state index in [1.807, 2.05) is 27.7 Å². The molecule has 0 radical (unpaired) electrons. The maximum absolute atomic E-state index is 11.0. The molecule has 16 heavy (non-hydrogen) atoms. The predicted molar refractivity (Wildman–Crippen MR) is 61.1 cm³/mol. The van der Waals surface area contributed by atoms with Crippen molar-refractivity contribution in [2.24, 2.45) is 0 Å². The molecule has 0 aliphatic carbocycles. The Balaban J connectivity index is 3.24. The number of pyridine rings is 1. The van der Waals surface area contributed by atoms with Gasteiger partial charge in [0, 0.05) is 11.5 Å². The second kappa shape index (κ2) is 4.51. The minimum absolute atomic E-state index is 0.197. The van der Waals surface area contributed by atoms with Crippen LogP contribution in [0.1, 0.15) is 43.7 Å². The van der Waals surface area contributed by atoms with E-state index in [0.29, 0.717) is 12.5 Å². The quantitative estimate of drug-likeness (QED) is 0.855. The summed E-state index contributed by atoms with van der Waals surface area (Å²) in [5.74, 6) is -0.596. The third-order valence-corrected chi connectivity index (χ3v) is 2.11. The molecule has 1 N–H and O–H groups in total. The van der Waals surface area contributed by atoms with Crippen molar-refractivity contribution in [3.8, 4) is 5.88 Å². The molecule has 1 aromatic rings. The summed E-state index contributed by atoms with van der Waals surface area (Å²) in [6, 6.07) is 3.03. The SMILES string of the molecule is CCOc1cc(C(=O)O)cc(C(C)(C)C)n1. The largest absolute Gasteiger partial charge is 0.478 e. The molecule has 0 aromatic carbocycles. The molecule has 0 unspecified atom stereocenters. The number of hydrogen-bond acceptors (Lipinski definition) is 3. The van der Waals surface area contributed by atoms with Gasteiger partial charge in [0.1, 0.15) is 0 Å². The Hall–Kier alpha value is -1.58. The lowest BCUT2D eigenvalue weighted by molar-refractivity contribution is 0.0696. The van der Waals surface area contributed by atoms with E-state index in [-0.39, 0.29) is 11.0 Å². The number of aromatic nitrogens is 1. The van der Waals surface area contributed by atoms with Crippen molar-refractivity contribution in [2.45, 2.75) is 33.1 Å². The number of nitrogens with zero attached hydrogens (tertiary/aromatic N) is 1. The van der Waals surface area contributed by atoms with Crippen molar-refractivity contribution in [2.75, 3.05) is 6.61 Å². The van der Waals surface area contributed by atoms with Crippen LogP contribution < -0.4 is 4.74 Å². The average molecular weight is 223 g/mol. The van der Waals surface area contributed by atoms with Gasteiger partial charge in [-0.25, -0.2) is 9.78 Å². The van der Waals surface area contributed by atoms with Gasteiger partial charge in [-0.05, 0) is 13.0 Å². The number of ether oxygens (including phenoxy) is 1. The summed E-state index contributed by atoms with van der Waals surface area (Å²) >= 11 is 0. The molecule has 0 aliphatic rings. The first kappa shape index (κ1) is 12.5. The van der Waals surface area contributed by atoms with E-state index in [1.165, 1.54) is 6.07 Å². The molecule has 0 saturated heterocycles. The Morgan fingerprint density at radius 2 is 2.06 bits per heavy atom. The molecule has 4 nitrogen and oxygen atoms in total. The predicted octanol–water partition coefficient (Wildman–Crippen LogP) is 2.48. The lowest BCUT2D eigenvalue weighted by Gasteiger charge is -2.19. The van der Waals surface area contributed by atoms with E-state index < -0.39 is 5.97 Å². The molecule has 0 fully saturated rings. The zero-order chi connectivity index (χ0) is 12.3. The molecule has 0 saturated carbocycles. The number of carboxylic acids is 1. The normalized spacial score (nSPS) is 11.2. The maximum atomic E-state index is 11.0. The van der Waals surface area contributed by atoms with E-state index in [2.05, 4.69) is 4.98 Å². The van der Waals surface area contributed by atoms with E-state index >= 15 is 0 Å². The zero-order valence-electron chi connectivity index (χ0n) is 10.1.